The predicted molar refractivity (Wildman–Crippen MR) is 125 cm³/mol. The summed E-state index contributed by atoms with van der Waals surface area (Å²) < 4.78 is 0. The summed E-state index contributed by atoms with van der Waals surface area (Å²) in [7, 11) is 1.72. The number of urea groups is 1. The third kappa shape index (κ3) is 6.61. The van der Waals surface area contributed by atoms with Gasteiger partial charge in [0.15, 0.2) is 0 Å². The van der Waals surface area contributed by atoms with Gasteiger partial charge in [-0.15, -0.1) is 0 Å². The standard InChI is InChI=1S/C23H26Cl2N4O3/c1-27(16-17-5-3-2-4-6-17)23(32)26-8-7-21(30)28-9-11-29(12-10-28)22(31)18-13-19(24)15-20(25)14-18/h2-6,13-15H,7-12,16H2,1H3,(H,26,32). The smallest absolute Gasteiger partial charge is 0.317 e. The van der Waals surface area contributed by atoms with Crippen molar-refractivity contribution in [3.8, 4) is 0 Å². The average molecular weight is 477 g/mol. The van der Waals surface area contributed by atoms with Crippen molar-refractivity contribution < 1.29 is 14.4 Å². The highest BCUT2D eigenvalue weighted by atomic mass is 35.5. The zero-order valence-corrected chi connectivity index (χ0v) is 19.4. The fourth-order valence-electron chi connectivity index (χ4n) is 3.52. The van der Waals surface area contributed by atoms with Gasteiger partial charge in [-0.25, -0.2) is 4.79 Å². The third-order valence-corrected chi connectivity index (χ3v) is 5.69. The molecule has 1 aliphatic heterocycles. The minimum atomic E-state index is -0.225. The molecular weight excluding hydrogens is 451 g/mol. The highest BCUT2D eigenvalue weighted by Gasteiger charge is 2.25. The van der Waals surface area contributed by atoms with Crippen LogP contribution >= 0.6 is 23.2 Å². The van der Waals surface area contributed by atoms with Crippen LogP contribution in [0.15, 0.2) is 48.5 Å². The molecule has 1 saturated heterocycles. The van der Waals surface area contributed by atoms with Crippen LogP contribution in [0.25, 0.3) is 0 Å². The maximum Gasteiger partial charge on any atom is 0.317 e. The molecule has 1 aliphatic rings. The molecule has 0 unspecified atom stereocenters. The van der Waals surface area contributed by atoms with E-state index in [-0.39, 0.29) is 30.8 Å². The molecule has 0 aromatic heterocycles. The van der Waals surface area contributed by atoms with Gasteiger partial charge in [-0.1, -0.05) is 53.5 Å². The quantitative estimate of drug-likeness (QED) is 0.692. The number of halogens is 2. The lowest BCUT2D eigenvalue weighted by Crippen LogP contribution is -2.51. The molecule has 2 aromatic carbocycles. The van der Waals surface area contributed by atoms with Crippen LogP contribution in [0.1, 0.15) is 22.3 Å². The monoisotopic (exact) mass is 476 g/mol. The van der Waals surface area contributed by atoms with Gasteiger partial charge in [0.2, 0.25) is 5.91 Å². The van der Waals surface area contributed by atoms with Gasteiger partial charge in [-0.3, -0.25) is 9.59 Å². The number of nitrogens with one attached hydrogen (secondary N) is 1. The Morgan fingerprint density at radius 1 is 0.938 bits per heavy atom. The number of carbonyl (C=O) groups excluding carboxylic acids is 3. The second-order valence-corrected chi connectivity index (χ2v) is 8.53. The topological polar surface area (TPSA) is 73.0 Å². The number of piperazine rings is 1. The van der Waals surface area contributed by atoms with Crippen molar-refractivity contribution in [3.63, 3.8) is 0 Å². The lowest BCUT2D eigenvalue weighted by Gasteiger charge is -2.35. The van der Waals surface area contributed by atoms with Crippen LogP contribution in [0.2, 0.25) is 10.0 Å². The Morgan fingerprint density at radius 2 is 1.53 bits per heavy atom. The Morgan fingerprint density at radius 3 is 2.16 bits per heavy atom. The van der Waals surface area contributed by atoms with E-state index in [1.165, 1.54) is 0 Å². The fourth-order valence-corrected chi connectivity index (χ4v) is 4.04. The molecule has 3 rings (SSSR count). The lowest BCUT2D eigenvalue weighted by molar-refractivity contribution is -0.132. The summed E-state index contributed by atoms with van der Waals surface area (Å²) in [6.45, 7) is 2.51. The molecule has 0 saturated carbocycles. The molecule has 0 bridgehead atoms. The molecule has 1 N–H and O–H groups in total. The zero-order valence-electron chi connectivity index (χ0n) is 17.9. The number of amides is 4. The Hall–Kier alpha value is -2.77. The van der Waals surface area contributed by atoms with Crippen LogP contribution < -0.4 is 5.32 Å². The van der Waals surface area contributed by atoms with E-state index in [1.54, 1.807) is 39.9 Å². The molecule has 170 valence electrons. The minimum absolute atomic E-state index is 0.0473. The molecule has 9 heteroatoms. The van der Waals surface area contributed by atoms with Crippen LogP contribution in [0.4, 0.5) is 4.79 Å². The first kappa shape index (κ1) is 23.9. The Labute approximate surface area is 197 Å². The second-order valence-electron chi connectivity index (χ2n) is 7.65. The summed E-state index contributed by atoms with van der Waals surface area (Å²) in [5, 5.41) is 3.60. The summed E-state index contributed by atoms with van der Waals surface area (Å²) in [6.07, 6.45) is 0.211. The van der Waals surface area contributed by atoms with Gasteiger partial charge in [0, 0.05) is 68.3 Å². The van der Waals surface area contributed by atoms with Crippen LogP contribution in [-0.4, -0.2) is 72.3 Å². The highest BCUT2D eigenvalue weighted by Crippen LogP contribution is 2.20. The number of rotatable bonds is 6. The first-order valence-corrected chi connectivity index (χ1v) is 11.1. The Kier molecular flexibility index (Phi) is 8.36. The summed E-state index contributed by atoms with van der Waals surface area (Å²) in [5.41, 5.74) is 1.47. The summed E-state index contributed by atoms with van der Waals surface area (Å²) in [5.74, 6) is -0.205. The predicted octanol–water partition coefficient (Wildman–Crippen LogP) is 3.51. The molecule has 1 heterocycles. The van der Waals surface area contributed by atoms with Crippen LogP contribution in [-0.2, 0) is 11.3 Å². The number of carbonyl (C=O) groups is 3. The first-order chi connectivity index (χ1) is 15.3. The largest absolute Gasteiger partial charge is 0.339 e. The van der Waals surface area contributed by atoms with Gasteiger partial charge in [-0.2, -0.15) is 0 Å². The van der Waals surface area contributed by atoms with E-state index in [1.807, 2.05) is 30.3 Å². The van der Waals surface area contributed by atoms with Crippen molar-refractivity contribution in [1.29, 1.82) is 0 Å². The molecule has 0 spiro atoms. The number of nitrogens with zero attached hydrogens (tertiary/aromatic N) is 3. The van der Waals surface area contributed by atoms with Gasteiger partial charge < -0.3 is 20.0 Å². The first-order valence-electron chi connectivity index (χ1n) is 10.4. The molecule has 0 radical (unpaired) electrons. The summed E-state index contributed by atoms with van der Waals surface area (Å²) in [4.78, 5) is 42.4. The molecule has 4 amide bonds. The average Bonchev–Trinajstić information content (AvgIpc) is 2.78. The van der Waals surface area contributed by atoms with Crippen molar-refractivity contribution in [1.82, 2.24) is 20.0 Å². The van der Waals surface area contributed by atoms with Gasteiger partial charge in [0.05, 0.1) is 0 Å². The van der Waals surface area contributed by atoms with Crippen LogP contribution in [0.3, 0.4) is 0 Å². The van der Waals surface area contributed by atoms with E-state index >= 15 is 0 Å². The van der Waals surface area contributed by atoms with Crippen molar-refractivity contribution in [2.75, 3.05) is 39.8 Å². The molecule has 1 fully saturated rings. The van der Waals surface area contributed by atoms with Gasteiger partial charge >= 0.3 is 6.03 Å². The van der Waals surface area contributed by atoms with Gasteiger partial charge in [0.25, 0.3) is 5.91 Å². The molecule has 7 nitrogen and oxygen atoms in total. The number of benzene rings is 2. The molecule has 0 aliphatic carbocycles. The summed E-state index contributed by atoms with van der Waals surface area (Å²) in [6, 6.07) is 14.2. The van der Waals surface area contributed by atoms with Gasteiger partial charge in [-0.05, 0) is 23.8 Å². The van der Waals surface area contributed by atoms with E-state index in [0.29, 0.717) is 48.3 Å². The fraction of sp³-hybridized carbons (Fsp3) is 0.348. The maximum atomic E-state index is 12.7. The van der Waals surface area contributed by atoms with E-state index < -0.39 is 0 Å². The van der Waals surface area contributed by atoms with E-state index in [4.69, 9.17) is 23.2 Å². The van der Waals surface area contributed by atoms with E-state index in [2.05, 4.69) is 5.32 Å². The molecule has 2 aromatic rings. The molecular formula is C23H26Cl2N4O3. The second kappa shape index (κ2) is 11.2. The lowest BCUT2D eigenvalue weighted by atomic mass is 10.1. The SMILES string of the molecule is CN(Cc1ccccc1)C(=O)NCCC(=O)N1CCN(C(=O)c2cc(Cl)cc(Cl)c2)CC1. The minimum Gasteiger partial charge on any atom is -0.339 e. The van der Waals surface area contributed by atoms with Crippen molar-refractivity contribution in [3.05, 3.63) is 69.7 Å². The van der Waals surface area contributed by atoms with Crippen molar-refractivity contribution in [2.24, 2.45) is 0 Å². The molecule has 0 atom stereocenters. The van der Waals surface area contributed by atoms with Crippen LogP contribution in [0.5, 0.6) is 0 Å². The van der Waals surface area contributed by atoms with Crippen molar-refractivity contribution >= 4 is 41.0 Å². The van der Waals surface area contributed by atoms with Gasteiger partial charge in [0.1, 0.15) is 0 Å². The van der Waals surface area contributed by atoms with Crippen molar-refractivity contribution in [2.45, 2.75) is 13.0 Å². The Balaban J connectivity index is 1.39. The maximum absolute atomic E-state index is 12.7. The van der Waals surface area contributed by atoms with Crippen LogP contribution in [0, 0.1) is 0 Å². The number of hydrogen-bond acceptors (Lipinski definition) is 3. The molecule has 32 heavy (non-hydrogen) atoms. The zero-order chi connectivity index (χ0) is 23.1. The number of hydrogen-bond donors (Lipinski definition) is 1. The van der Waals surface area contributed by atoms with E-state index in [9.17, 15) is 14.4 Å². The third-order valence-electron chi connectivity index (χ3n) is 5.25. The summed E-state index contributed by atoms with van der Waals surface area (Å²) >= 11 is 12.0. The normalized spacial score (nSPS) is 13.6. The Bertz CT molecular complexity index is 943. The highest BCUT2D eigenvalue weighted by molar-refractivity contribution is 6.35. The van der Waals surface area contributed by atoms with E-state index in [0.717, 1.165) is 5.56 Å².